The molecule has 13 heavy (non-hydrogen) atoms. The van der Waals surface area contributed by atoms with E-state index in [1.54, 1.807) is 0 Å². The minimum Gasteiger partial charge on any atom is -0.465 e. The van der Waals surface area contributed by atoms with Gasteiger partial charge in [0.2, 0.25) is 0 Å². The van der Waals surface area contributed by atoms with E-state index in [1.165, 1.54) is 0 Å². The minimum atomic E-state index is -0.488. The zero-order valence-electron chi connectivity index (χ0n) is 7.09. The molecule has 72 valence electrons. The van der Waals surface area contributed by atoms with Crippen LogP contribution in [0.1, 0.15) is 6.42 Å². The third-order valence-electron chi connectivity index (χ3n) is 3.90. The maximum atomic E-state index is 11.3. The number of aliphatic hydroxyl groups is 2. The molecule has 2 aliphatic carbocycles. The first kappa shape index (κ1) is 7.76. The van der Waals surface area contributed by atoms with Crippen molar-refractivity contribution in [2.45, 2.75) is 18.6 Å². The number of esters is 1. The predicted octanol–water partition coefficient (Wildman–Crippen LogP) is -0.853. The molecule has 0 aromatic rings. The van der Waals surface area contributed by atoms with Crippen LogP contribution in [0.15, 0.2) is 0 Å². The maximum absolute atomic E-state index is 11.3. The van der Waals surface area contributed by atoms with Gasteiger partial charge >= 0.3 is 5.97 Å². The second-order valence-corrected chi connectivity index (χ2v) is 4.35. The van der Waals surface area contributed by atoms with Gasteiger partial charge in [-0.1, -0.05) is 0 Å². The Kier molecular flexibility index (Phi) is 1.34. The molecular formula is C9H12O4. The summed E-state index contributed by atoms with van der Waals surface area (Å²) in [4.78, 5) is 11.3. The van der Waals surface area contributed by atoms with E-state index in [2.05, 4.69) is 0 Å². The number of ether oxygens (including phenoxy) is 1. The van der Waals surface area contributed by atoms with E-state index in [0.29, 0.717) is 13.0 Å². The van der Waals surface area contributed by atoms with Gasteiger partial charge in [0, 0.05) is 17.8 Å². The summed E-state index contributed by atoms with van der Waals surface area (Å²) in [6.07, 6.45) is -0.365. The fraction of sp³-hybridized carbons (Fsp3) is 0.889. The van der Waals surface area contributed by atoms with E-state index in [1.807, 2.05) is 0 Å². The molecule has 4 nitrogen and oxygen atoms in total. The molecular weight excluding hydrogens is 172 g/mol. The quantitative estimate of drug-likeness (QED) is 0.481. The molecule has 4 heteroatoms. The summed E-state index contributed by atoms with van der Waals surface area (Å²) in [5, 5.41) is 19.4. The van der Waals surface area contributed by atoms with Crippen LogP contribution >= 0.6 is 0 Å². The SMILES string of the molecule is O=C1OC[C@H]2[C@@H]1[C@@H]1C[C@@H](O)[C@@H]2[C@H]1O. The summed E-state index contributed by atoms with van der Waals surface area (Å²) < 4.78 is 4.94. The largest absolute Gasteiger partial charge is 0.465 e. The van der Waals surface area contributed by atoms with Crippen molar-refractivity contribution >= 4 is 5.97 Å². The van der Waals surface area contributed by atoms with Crippen LogP contribution < -0.4 is 0 Å². The highest BCUT2D eigenvalue weighted by molar-refractivity contribution is 5.76. The van der Waals surface area contributed by atoms with Crippen LogP contribution in [0.2, 0.25) is 0 Å². The average molecular weight is 184 g/mol. The highest BCUT2D eigenvalue weighted by Gasteiger charge is 2.63. The van der Waals surface area contributed by atoms with Crippen molar-refractivity contribution in [3.05, 3.63) is 0 Å². The van der Waals surface area contributed by atoms with Crippen LogP contribution in [0, 0.1) is 23.7 Å². The zero-order valence-corrected chi connectivity index (χ0v) is 7.09. The molecule has 2 bridgehead atoms. The predicted molar refractivity (Wildman–Crippen MR) is 41.5 cm³/mol. The second-order valence-electron chi connectivity index (χ2n) is 4.35. The third-order valence-corrected chi connectivity index (χ3v) is 3.90. The lowest BCUT2D eigenvalue weighted by Gasteiger charge is -2.23. The van der Waals surface area contributed by atoms with Gasteiger partial charge in [0.1, 0.15) is 0 Å². The Morgan fingerprint density at radius 2 is 2.08 bits per heavy atom. The monoisotopic (exact) mass is 184 g/mol. The van der Waals surface area contributed by atoms with E-state index >= 15 is 0 Å². The van der Waals surface area contributed by atoms with E-state index in [4.69, 9.17) is 4.74 Å². The molecule has 3 fully saturated rings. The lowest BCUT2D eigenvalue weighted by Crippen LogP contribution is -2.31. The van der Waals surface area contributed by atoms with Crippen molar-refractivity contribution < 1.29 is 19.7 Å². The molecule has 0 aromatic heterocycles. The maximum Gasteiger partial charge on any atom is 0.309 e. The van der Waals surface area contributed by atoms with E-state index in [9.17, 15) is 15.0 Å². The van der Waals surface area contributed by atoms with Crippen molar-refractivity contribution in [1.29, 1.82) is 0 Å². The summed E-state index contributed by atoms with van der Waals surface area (Å²) >= 11 is 0. The van der Waals surface area contributed by atoms with Gasteiger partial charge in [-0.25, -0.2) is 0 Å². The molecule has 0 unspecified atom stereocenters. The summed E-state index contributed by atoms with van der Waals surface area (Å²) in [7, 11) is 0. The van der Waals surface area contributed by atoms with Gasteiger partial charge in [-0.2, -0.15) is 0 Å². The molecule has 2 N–H and O–H groups in total. The fourth-order valence-corrected chi connectivity index (χ4v) is 3.38. The molecule has 1 heterocycles. The molecule has 0 spiro atoms. The smallest absolute Gasteiger partial charge is 0.309 e. The Morgan fingerprint density at radius 3 is 2.85 bits per heavy atom. The fourth-order valence-electron chi connectivity index (χ4n) is 3.38. The molecule has 0 amide bonds. The van der Waals surface area contributed by atoms with Gasteiger partial charge in [-0.3, -0.25) is 4.79 Å². The molecule has 0 radical (unpaired) electrons. The number of carbonyl (C=O) groups is 1. The van der Waals surface area contributed by atoms with Crippen molar-refractivity contribution in [2.24, 2.45) is 23.7 Å². The van der Waals surface area contributed by atoms with Crippen molar-refractivity contribution in [1.82, 2.24) is 0 Å². The Balaban J connectivity index is 1.98. The summed E-state index contributed by atoms with van der Waals surface area (Å²) in [6, 6.07) is 0. The topological polar surface area (TPSA) is 66.8 Å². The third kappa shape index (κ3) is 0.758. The Bertz CT molecular complexity index is 262. The first-order valence-electron chi connectivity index (χ1n) is 4.73. The Morgan fingerprint density at radius 1 is 1.31 bits per heavy atom. The standard InChI is InChI=1S/C9H12O4/c10-5-1-3-6-4(2-13-9(6)12)7(5)8(3)11/h3-8,10-11H,1-2H2/t3-,4-,5+,6-,7+,8-/m0/s1. The van der Waals surface area contributed by atoms with Crippen molar-refractivity contribution in [3.8, 4) is 0 Å². The lowest BCUT2D eigenvalue weighted by atomic mass is 9.80. The van der Waals surface area contributed by atoms with Gasteiger partial charge in [0.05, 0.1) is 24.7 Å². The molecule has 1 saturated heterocycles. The molecule has 3 rings (SSSR count). The summed E-state index contributed by atoms with van der Waals surface area (Å²) in [5.41, 5.74) is 0. The first-order valence-corrected chi connectivity index (χ1v) is 4.73. The van der Waals surface area contributed by atoms with Crippen LogP contribution in [0.5, 0.6) is 0 Å². The van der Waals surface area contributed by atoms with Crippen LogP contribution in [0.3, 0.4) is 0 Å². The number of fused-ring (bicyclic) bond motifs is 5. The number of hydrogen-bond acceptors (Lipinski definition) is 4. The number of hydrogen-bond donors (Lipinski definition) is 2. The molecule has 3 aliphatic rings. The summed E-state index contributed by atoms with van der Waals surface area (Å²) in [6.45, 7) is 0.388. The van der Waals surface area contributed by atoms with E-state index in [0.717, 1.165) is 0 Å². The number of carbonyl (C=O) groups excluding carboxylic acids is 1. The van der Waals surface area contributed by atoms with Crippen LogP contribution in [0.4, 0.5) is 0 Å². The molecule has 0 aromatic carbocycles. The molecule has 2 saturated carbocycles. The number of aliphatic hydroxyl groups excluding tert-OH is 2. The normalized spacial score (nSPS) is 58.2. The second kappa shape index (κ2) is 2.25. The van der Waals surface area contributed by atoms with Gasteiger partial charge in [-0.05, 0) is 6.42 Å². The van der Waals surface area contributed by atoms with Crippen LogP contribution in [-0.2, 0) is 9.53 Å². The molecule has 6 atom stereocenters. The zero-order chi connectivity index (χ0) is 9.16. The average Bonchev–Trinajstić information content (AvgIpc) is 2.64. The van der Waals surface area contributed by atoms with E-state index < -0.39 is 12.2 Å². The minimum absolute atomic E-state index is 0.0556. The molecule has 1 aliphatic heterocycles. The van der Waals surface area contributed by atoms with Gasteiger partial charge in [-0.15, -0.1) is 0 Å². The highest BCUT2D eigenvalue weighted by Crippen LogP contribution is 2.55. The first-order chi connectivity index (χ1) is 6.20. The lowest BCUT2D eigenvalue weighted by molar-refractivity contribution is -0.143. The number of rotatable bonds is 0. The van der Waals surface area contributed by atoms with Crippen LogP contribution in [-0.4, -0.2) is 35.0 Å². The summed E-state index contributed by atoms with van der Waals surface area (Å²) in [5.74, 6) is -0.426. The van der Waals surface area contributed by atoms with Crippen LogP contribution in [0.25, 0.3) is 0 Å². The number of cyclic esters (lactones) is 1. The van der Waals surface area contributed by atoms with Crippen molar-refractivity contribution in [3.63, 3.8) is 0 Å². The van der Waals surface area contributed by atoms with Gasteiger partial charge < -0.3 is 14.9 Å². The van der Waals surface area contributed by atoms with E-state index in [-0.39, 0.29) is 29.6 Å². The highest BCUT2D eigenvalue weighted by atomic mass is 16.5. The van der Waals surface area contributed by atoms with Gasteiger partial charge in [0.25, 0.3) is 0 Å². The Labute approximate surface area is 75.5 Å². The van der Waals surface area contributed by atoms with Gasteiger partial charge in [0.15, 0.2) is 0 Å². The van der Waals surface area contributed by atoms with Crippen molar-refractivity contribution in [2.75, 3.05) is 6.61 Å². The Hall–Kier alpha value is -0.610.